The van der Waals surface area contributed by atoms with Gasteiger partial charge in [0.05, 0.1) is 17.7 Å². The molecule has 0 unspecified atom stereocenters. The maximum atomic E-state index is 13.3. The molecule has 5 heteroatoms. The summed E-state index contributed by atoms with van der Waals surface area (Å²) in [5, 5.41) is 29.0. The zero-order valence-corrected chi connectivity index (χ0v) is 23.1. The summed E-state index contributed by atoms with van der Waals surface area (Å²) in [7, 11) is 0. The van der Waals surface area contributed by atoms with E-state index in [4.69, 9.17) is 0 Å². The van der Waals surface area contributed by atoms with Gasteiger partial charge in [-0.3, -0.25) is 4.79 Å². The zero-order valence-electron chi connectivity index (χ0n) is 23.1. The highest BCUT2D eigenvalue weighted by Gasteiger charge is 2.38. The highest BCUT2D eigenvalue weighted by atomic mass is 16.3. The summed E-state index contributed by atoms with van der Waals surface area (Å²) in [5.41, 5.74) is 1.83. The van der Waals surface area contributed by atoms with Gasteiger partial charge in [0, 0.05) is 19.0 Å². The van der Waals surface area contributed by atoms with E-state index in [1.807, 2.05) is 0 Å². The lowest BCUT2D eigenvalue weighted by Gasteiger charge is -2.37. The second-order valence-electron chi connectivity index (χ2n) is 12.2. The molecule has 0 aromatic heterocycles. The molecule has 1 aromatic rings. The average molecular weight is 501 g/mol. The van der Waals surface area contributed by atoms with Crippen molar-refractivity contribution in [3.05, 3.63) is 35.4 Å². The van der Waals surface area contributed by atoms with Crippen molar-refractivity contribution in [1.29, 1.82) is 0 Å². The van der Waals surface area contributed by atoms with Crippen molar-refractivity contribution in [1.82, 2.24) is 10.6 Å². The Kier molecular flexibility index (Phi) is 11.7. The molecule has 5 nitrogen and oxygen atoms in total. The first-order valence-electron chi connectivity index (χ1n) is 14.8. The lowest BCUT2D eigenvalue weighted by Crippen LogP contribution is -2.51. The summed E-state index contributed by atoms with van der Waals surface area (Å²) >= 11 is 0. The minimum Gasteiger partial charge on any atom is -0.390 e. The van der Waals surface area contributed by atoms with Gasteiger partial charge in [-0.2, -0.15) is 0 Å². The summed E-state index contributed by atoms with van der Waals surface area (Å²) in [6.45, 7) is 7.79. The van der Waals surface area contributed by atoms with Crippen LogP contribution in [0, 0.1) is 11.8 Å². The quantitative estimate of drug-likeness (QED) is 0.396. The highest BCUT2D eigenvalue weighted by Crippen LogP contribution is 2.36. The molecule has 1 aliphatic carbocycles. The summed E-state index contributed by atoms with van der Waals surface area (Å²) in [6.07, 6.45) is 12.4. The van der Waals surface area contributed by atoms with E-state index in [1.54, 1.807) is 0 Å². The van der Waals surface area contributed by atoms with Crippen LogP contribution in [-0.4, -0.2) is 40.4 Å². The molecule has 0 spiro atoms. The summed E-state index contributed by atoms with van der Waals surface area (Å²) in [4.78, 5) is 13.3. The van der Waals surface area contributed by atoms with E-state index in [1.165, 1.54) is 43.2 Å². The Morgan fingerprint density at radius 3 is 2.56 bits per heavy atom. The number of hydrogen-bond acceptors (Lipinski definition) is 4. The molecule has 3 rings (SSSR count). The van der Waals surface area contributed by atoms with Crippen LogP contribution in [0.25, 0.3) is 0 Å². The minimum absolute atomic E-state index is 0.0149. The standard InChI is InChI=1S/C31H52N2O3/c1-23(2)26-14-10-13-25(19-26)21-32-22-29(34)28-18-24(3)12-8-6-4-5-7-9-16-31(36)17-11-15-27(20-31)30(35)33-28/h10,13-14,19,23-24,27-29,32,34,36H,4-9,11-12,15-18,20-22H2,1-3H3,(H,33,35)/t24-,27-,28+,29-,31-/m1/s1. The Balaban J connectivity index is 1.62. The van der Waals surface area contributed by atoms with Crippen LogP contribution in [0.2, 0.25) is 0 Å². The molecule has 36 heavy (non-hydrogen) atoms. The fourth-order valence-corrected chi connectivity index (χ4v) is 6.18. The number of hydrogen-bond donors (Lipinski definition) is 4. The second kappa shape index (κ2) is 14.5. The summed E-state index contributed by atoms with van der Waals surface area (Å²) < 4.78 is 0. The minimum atomic E-state index is -0.704. The number of carbonyl (C=O) groups excluding carboxylic acids is 1. The van der Waals surface area contributed by atoms with Crippen molar-refractivity contribution in [2.24, 2.45) is 11.8 Å². The number of rotatable bonds is 6. The fraction of sp³-hybridized carbons (Fsp3) is 0.774. The molecular weight excluding hydrogens is 448 g/mol. The first-order chi connectivity index (χ1) is 17.3. The Labute approximate surface area is 219 Å². The van der Waals surface area contributed by atoms with Gasteiger partial charge in [0.2, 0.25) is 5.91 Å². The predicted molar refractivity (Wildman–Crippen MR) is 148 cm³/mol. The smallest absolute Gasteiger partial charge is 0.223 e. The number of carbonyl (C=O) groups is 1. The van der Waals surface area contributed by atoms with Crippen molar-refractivity contribution in [2.75, 3.05) is 6.54 Å². The molecule has 5 atom stereocenters. The lowest BCUT2D eigenvalue weighted by molar-refractivity contribution is -0.132. The number of benzene rings is 1. The molecule has 2 aliphatic rings. The Bertz CT molecular complexity index is 798. The first-order valence-corrected chi connectivity index (χ1v) is 14.8. The van der Waals surface area contributed by atoms with Crippen molar-refractivity contribution in [3.8, 4) is 0 Å². The third-order valence-corrected chi connectivity index (χ3v) is 8.53. The molecule has 4 N–H and O–H groups in total. The van der Waals surface area contributed by atoms with Crippen LogP contribution in [0.5, 0.6) is 0 Å². The van der Waals surface area contributed by atoms with Crippen LogP contribution < -0.4 is 10.6 Å². The number of fused-ring (bicyclic) bond motifs is 2. The zero-order chi connectivity index (χ0) is 26.0. The molecule has 2 fully saturated rings. The van der Waals surface area contributed by atoms with Crippen LogP contribution in [0.3, 0.4) is 0 Å². The van der Waals surface area contributed by atoms with E-state index in [0.29, 0.717) is 31.3 Å². The van der Waals surface area contributed by atoms with E-state index < -0.39 is 11.7 Å². The number of amides is 1. The maximum Gasteiger partial charge on any atom is 0.223 e. The molecule has 1 amide bonds. The topological polar surface area (TPSA) is 81.6 Å². The van der Waals surface area contributed by atoms with Crippen molar-refractivity contribution < 1.29 is 15.0 Å². The van der Waals surface area contributed by atoms with Crippen LogP contribution in [0.15, 0.2) is 24.3 Å². The van der Waals surface area contributed by atoms with Crippen molar-refractivity contribution in [3.63, 3.8) is 0 Å². The molecule has 1 aliphatic heterocycles. The molecule has 1 saturated carbocycles. The Morgan fingerprint density at radius 1 is 1.06 bits per heavy atom. The van der Waals surface area contributed by atoms with Gasteiger partial charge in [0.25, 0.3) is 0 Å². The van der Waals surface area contributed by atoms with Gasteiger partial charge in [-0.05, 0) is 61.5 Å². The molecule has 1 saturated heterocycles. The monoisotopic (exact) mass is 500 g/mol. The van der Waals surface area contributed by atoms with E-state index in [-0.39, 0.29) is 17.9 Å². The van der Waals surface area contributed by atoms with Crippen LogP contribution >= 0.6 is 0 Å². The molecule has 1 heterocycles. The Hall–Kier alpha value is -1.43. The van der Waals surface area contributed by atoms with Crippen LogP contribution in [0.1, 0.15) is 121 Å². The highest BCUT2D eigenvalue weighted by molar-refractivity contribution is 5.79. The van der Waals surface area contributed by atoms with Gasteiger partial charge in [0.15, 0.2) is 0 Å². The van der Waals surface area contributed by atoms with Gasteiger partial charge in [-0.25, -0.2) is 0 Å². The van der Waals surface area contributed by atoms with E-state index in [9.17, 15) is 15.0 Å². The number of aliphatic hydroxyl groups is 2. The van der Waals surface area contributed by atoms with Gasteiger partial charge in [-0.15, -0.1) is 0 Å². The van der Waals surface area contributed by atoms with E-state index >= 15 is 0 Å². The van der Waals surface area contributed by atoms with Crippen LogP contribution in [0.4, 0.5) is 0 Å². The average Bonchev–Trinajstić information content (AvgIpc) is 2.84. The van der Waals surface area contributed by atoms with Gasteiger partial charge < -0.3 is 20.8 Å². The Morgan fingerprint density at radius 2 is 1.78 bits per heavy atom. The fourth-order valence-electron chi connectivity index (χ4n) is 6.18. The summed E-state index contributed by atoms with van der Waals surface area (Å²) in [5.74, 6) is 0.793. The molecule has 1 aromatic carbocycles. The molecule has 0 radical (unpaired) electrons. The third-order valence-electron chi connectivity index (χ3n) is 8.53. The van der Waals surface area contributed by atoms with E-state index in [0.717, 1.165) is 44.9 Å². The van der Waals surface area contributed by atoms with E-state index in [2.05, 4.69) is 55.7 Å². The number of aliphatic hydroxyl groups excluding tert-OH is 1. The molecule has 204 valence electrons. The van der Waals surface area contributed by atoms with Crippen LogP contribution in [-0.2, 0) is 11.3 Å². The SMILES string of the molecule is CC(C)c1cccc(CNC[C@@H](O)[C@@H]2C[C@H](C)CCCCCCCC[C@@]3(O)CCC[C@H](C3)C(=O)N2)c1. The molecular formula is C31H52N2O3. The number of nitrogens with one attached hydrogen (secondary N) is 2. The third kappa shape index (κ3) is 9.46. The maximum absolute atomic E-state index is 13.3. The van der Waals surface area contributed by atoms with Gasteiger partial charge >= 0.3 is 0 Å². The van der Waals surface area contributed by atoms with Crippen molar-refractivity contribution >= 4 is 5.91 Å². The largest absolute Gasteiger partial charge is 0.390 e. The first kappa shape index (κ1) is 29.1. The van der Waals surface area contributed by atoms with Gasteiger partial charge in [-0.1, -0.05) is 90.0 Å². The predicted octanol–water partition coefficient (Wildman–Crippen LogP) is 5.83. The normalized spacial score (nSPS) is 30.1. The second-order valence-corrected chi connectivity index (χ2v) is 12.2. The lowest BCUT2D eigenvalue weighted by atomic mass is 9.75. The summed E-state index contributed by atoms with van der Waals surface area (Å²) in [6, 6.07) is 8.32. The molecule has 2 bridgehead atoms. The van der Waals surface area contributed by atoms with Crippen molar-refractivity contribution in [2.45, 2.75) is 134 Å². The van der Waals surface area contributed by atoms with Gasteiger partial charge in [0.1, 0.15) is 0 Å².